The molecule has 0 spiro atoms. The lowest BCUT2D eigenvalue weighted by atomic mass is 10.1. The van der Waals surface area contributed by atoms with Crippen molar-refractivity contribution >= 4 is 11.7 Å². The van der Waals surface area contributed by atoms with E-state index in [9.17, 15) is 4.79 Å². The number of hydrogen-bond donors (Lipinski definition) is 1. The van der Waals surface area contributed by atoms with Crippen LogP contribution < -0.4 is 10.1 Å². The maximum atomic E-state index is 12.9. The molecule has 1 amide bonds. The van der Waals surface area contributed by atoms with Gasteiger partial charge in [-0.1, -0.05) is 12.8 Å². The number of carbonyl (C=O) groups excluding carboxylic acids is 1. The van der Waals surface area contributed by atoms with E-state index < -0.39 is 0 Å². The quantitative estimate of drug-likeness (QED) is 0.875. The van der Waals surface area contributed by atoms with Crippen LogP contribution in [0.1, 0.15) is 58.6 Å². The molecule has 0 radical (unpaired) electrons. The third kappa shape index (κ3) is 3.22. The predicted octanol–water partition coefficient (Wildman–Crippen LogP) is 3.01. The second-order valence-corrected chi connectivity index (χ2v) is 7.31. The van der Waals surface area contributed by atoms with Crippen LogP contribution in [0.4, 0.5) is 5.82 Å². The molecule has 1 N–H and O–H groups in total. The molecular formula is C20H25N5O2. The van der Waals surface area contributed by atoms with E-state index in [0.717, 1.165) is 41.2 Å². The van der Waals surface area contributed by atoms with Crippen molar-refractivity contribution in [3.05, 3.63) is 40.5 Å². The maximum Gasteiger partial charge on any atom is 0.256 e. The summed E-state index contributed by atoms with van der Waals surface area (Å²) in [5.74, 6) is 1.44. The number of nitrogens with zero attached hydrogens (tertiary/aromatic N) is 4. The Morgan fingerprint density at radius 1 is 1.26 bits per heavy atom. The number of hydrogen-bond acceptors (Lipinski definition) is 6. The minimum absolute atomic E-state index is 0.0994. The molecule has 1 fully saturated rings. The first kappa shape index (κ1) is 17.7. The van der Waals surface area contributed by atoms with Gasteiger partial charge in [0.05, 0.1) is 24.9 Å². The number of pyridine rings is 1. The van der Waals surface area contributed by atoms with Crippen molar-refractivity contribution in [3.8, 4) is 5.88 Å². The first-order chi connectivity index (χ1) is 13.1. The Kier molecular flexibility index (Phi) is 4.68. The third-order valence-corrected chi connectivity index (χ3v) is 5.69. The van der Waals surface area contributed by atoms with Crippen molar-refractivity contribution in [2.24, 2.45) is 0 Å². The van der Waals surface area contributed by atoms with E-state index in [1.165, 1.54) is 12.8 Å². The molecule has 2 aromatic rings. The third-order valence-electron chi connectivity index (χ3n) is 5.69. The highest BCUT2D eigenvalue weighted by Crippen LogP contribution is 2.33. The molecule has 3 heterocycles. The fraction of sp³-hybridized carbons (Fsp3) is 0.500. The van der Waals surface area contributed by atoms with Crippen LogP contribution in [0.3, 0.4) is 0 Å². The molecule has 1 saturated carbocycles. The molecule has 0 saturated heterocycles. The largest absolute Gasteiger partial charge is 0.481 e. The summed E-state index contributed by atoms with van der Waals surface area (Å²) in [6.07, 6.45) is 6.14. The highest BCUT2D eigenvalue weighted by atomic mass is 16.5. The van der Waals surface area contributed by atoms with Gasteiger partial charge in [0.25, 0.3) is 5.91 Å². The summed E-state index contributed by atoms with van der Waals surface area (Å²) in [6.45, 7) is 5.01. The van der Waals surface area contributed by atoms with Gasteiger partial charge in [-0.3, -0.25) is 4.79 Å². The Morgan fingerprint density at radius 2 is 2.04 bits per heavy atom. The summed E-state index contributed by atoms with van der Waals surface area (Å²) < 4.78 is 5.50. The van der Waals surface area contributed by atoms with Crippen LogP contribution in [-0.2, 0) is 13.1 Å². The van der Waals surface area contributed by atoms with Crippen LogP contribution in [-0.4, -0.2) is 38.9 Å². The Labute approximate surface area is 159 Å². The van der Waals surface area contributed by atoms with Crippen molar-refractivity contribution in [3.63, 3.8) is 0 Å². The number of amides is 1. The maximum absolute atomic E-state index is 12.9. The molecule has 27 heavy (non-hydrogen) atoms. The number of aromatic nitrogens is 3. The van der Waals surface area contributed by atoms with E-state index in [4.69, 9.17) is 4.74 Å². The van der Waals surface area contributed by atoms with Gasteiger partial charge >= 0.3 is 0 Å². The van der Waals surface area contributed by atoms with E-state index in [-0.39, 0.29) is 5.91 Å². The monoisotopic (exact) mass is 367 g/mol. The zero-order valence-corrected chi connectivity index (χ0v) is 16.1. The van der Waals surface area contributed by atoms with Gasteiger partial charge in [-0.25, -0.2) is 15.0 Å². The lowest BCUT2D eigenvalue weighted by Crippen LogP contribution is -2.33. The normalized spacial score (nSPS) is 16.7. The Bertz CT molecular complexity index is 877. The minimum Gasteiger partial charge on any atom is -0.481 e. The van der Waals surface area contributed by atoms with E-state index in [0.29, 0.717) is 30.6 Å². The molecule has 142 valence electrons. The molecular weight excluding hydrogens is 342 g/mol. The standard InChI is InChI=1S/C20H25N5O2/c1-12-13(2)22-11-23-18(12)21-9-14-8-16-17(24-19(14)27-3)10-25(20(16)26)15-6-4-5-7-15/h8,11,15H,4-7,9-10H2,1-3H3,(H,21,22,23). The smallest absolute Gasteiger partial charge is 0.256 e. The number of fused-ring (bicyclic) bond motifs is 1. The highest BCUT2D eigenvalue weighted by Gasteiger charge is 2.35. The average Bonchev–Trinajstić information content (AvgIpc) is 3.30. The van der Waals surface area contributed by atoms with E-state index in [1.807, 2.05) is 24.8 Å². The van der Waals surface area contributed by atoms with Gasteiger partial charge in [0.1, 0.15) is 12.1 Å². The van der Waals surface area contributed by atoms with Crippen LogP contribution >= 0.6 is 0 Å². The van der Waals surface area contributed by atoms with Crippen LogP contribution in [0.25, 0.3) is 0 Å². The highest BCUT2D eigenvalue weighted by molar-refractivity contribution is 5.98. The SMILES string of the molecule is COc1nc2c(cc1CNc1ncnc(C)c1C)C(=O)N(C1CCCC1)C2. The molecule has 1 aliphatic heterocycles. The molecule has 7 heteroatoms. The molecule has 0 atom stereocenters. The Morgan fingerprint density at radius 3 is 2.78 bits per heavy atom. The topological polar surface area (TPSA) is 80.2 Å². The van der Waals surface area contributed by atoms with Crippen molar-refractivity contribution in [2.75, 3.05) is 12.4 Å². The fourth-order valence-electron chi connectivity index (χ4n) is 3.98. The first-order valence-corrected chi connectivity index (χ1v) is 9.48. The van der Waals surface area contributed by atoms with E-state index in [2.05, 4.69) is 20.3 Å². The van der Waals surface area contributed by atoms with Gasteiger partial charge in [0, 0.05) is 29.4 Å². The second kappa shape index (κ2) is 7.13. The van der Waals surface area contributed by atoms with Crippen molar-refractivity contribution < 1.29 is 9.53 Å². The summed E-state index contributed by atoms with van der Waals surface area (Å²) >= 11 is 0. The van der Waals surface area contributed by atoms with Crippen LogP contribution in [0.2, 0.25) is 0 Å². The molecule has 0 bridgehead atoms. The van der Waals surface area contributed by atoms with Gasteiger partial charge < -0.3 is 15.0 Å². The fourth-order valence-corrected chi connectivity index (χ4v) is 3.98. The van der Waals surface area contributed by atoms with Crippen LogP contribution in [0.5, 0.6) is 5.88 Å². The summed E-state index contributed by atoms with van der Waals surface area (Å²) in [5, 5.41) is 3.32. The number of rotatable bonds is 5. The molecule has 2 aromatic heterocycles. The van der Waals surface area contributed by atoms with Crippen LogP contribution in [0.15, 0.2) is 12.4 Å². The number of methoxy groups -OCH3 is 1. The van der Waals surface area contributed by atoms with Gasteiger partial charge in [0.2, 0.25) is 5.88 Å². The van der Waals surface area contributed by atoms with Gasteiger partial charge in [-0.15, -0.1) is 0 Å². The Balaban J connectivity index is 1.58. The van der Waals surface area contributed by atoms with Crippen molar-refractivity contribution in [1.82, 2.24) is 19.9 Å². The van der Waals surface area contributed by atoms with Crippen LogP contribution in [0, 0.1) is 13.8 Å². The second-order valence-electron chi connectivity index (χ2n) is 7.31. The summed E-state index contributed by atoms with van der Waals surface area (Å²) in [7, 11) is 1.61. The molecule has 1 aliphatic carbocycles. The molecule has 0 unspecified atom stereocenters. The lowest BCUT2D eigenvalue weighted by Gasteiger charge is -2.22. The summed E-state index contributed by atoms with van der Waals surface area (Å²) in [6, 6.07) is 2.28. The summed E-state index contributed by atoms with van der Waals surface area (Å²) in [5.41, 5.74) is 4.33. The Hall–Kier alpha value is -2.70. The van der Waals surface area contributed by atoms with Crippen molar-refractivity contribution in [2.45, 2.75) is 58.7 Å². The van der Waals surface area contributed by atoms with Gasteiger partial charge in [-0.05, 0) is 32.8 Å². The van der Waals surface area contributed by atoms with E-state index in [1.54, 1.807) is 13.4 Å². The number of anilines is 1. The number of aryl methyl sites for hydroxylation is 1. The molecule has 7 nitrogen and oxygen atoms in total. The summed E-state index contributed by atoms with van der Waals surface area (Å²) in [4.78, 5) is 28.0. The van der Waals surface area contributed by atoms with E-state index >= 15 is 0 Å². The average molecular weight is 367 g/mol. The lowest BCUT2D eigenvalue weighted by molar-refractivity contribution is 0.0706. The van der Waals surface area contributed by atoms with Gasteiger partial charge in [-0.2, -0.15) is 0 Å². The molecule has 4 rings (SSSR count). The number of ether oxygens (including phenoxy) is 1. The first-order valence-electron chi connectivity index (χ1n) is 9.48. The number of carbonyl (C=O) groups is 1. The predicted molar refractivity (Wildman–Crippen MR) is 102 cm³/mol. The zero-order valence-electron chi connectivity index (χ0n) is 16.1. The van der Waals surface area contributed by atoms with Gasteiger partial charge in [0.15, 0.2) is 0 Å². The van der Waals surface area contributed by atoms with Crippen molar-refractivity contribution in [1.29, 1.82) is 0 Å². The molecule has 2 aliphatic rings. The number of nitrogens with one attached hydrogen (secondary N) is 1. The zero-order chi connectivity index (χ0) is 19.0. The minimum atomic E-state index is 0.0994. The molecule has 0 aromatic carbocycles.